The molecule has 1 rings (SSSR count). The summed E-state index contributed by atoms with van der Waals surface area (Å²) in [5.74, 6) is -0.148. The first-order valence-electron chi connectivity index (χ1n) is 5.65. The van der Waals surface area contributed by atoms with E-state index in [1.807, 2.05) is 19.9 Å². The number of aliphatic hydroxyl groups is 1. The molecule has 0 heterocycles. The summed E-state index contributed by atoms with van der Waals surface area (Å²) < 4.78 is 13.6. The highest BCUT2D eigenvalue weighted by Crippen LogP contribution is 2.19. The summed E-state index contributed by atoms with van der Waals surface area (Å²) in [4.78, 5) is 0. The van der Waals surface area contributed by atoms with Gasteiger partial charge in [0.2, 0.25) is 0 Å². The van der Waals surface area contributed by atoms with E-state index in [0.717, 1.165) is 0 Å². The quantitative estimate of drug-likeness (QED) is 0.826. The minimum absolute atomic E-state index is 0.0161. The van der Waals surface area contributed by atoms with Gasteiger partial charge in [0.1, 0.15) is 5.82 Å². The first-order valence-corrected chi connectivity index (χ1v) is 5.65. The van der Waals surface area contributed by atoms with Gasteiger partial charge in [0.05, 0.1) is 17.3 Å². The number of hydrogen-bond donors (Lipinski definition) is 2. The summed E-state index contributed by atoms with van der Waals surface area (Å²) >= 11 is 0. The maximum absolute atomic E-state index is 13.6. The first kappa shape index (κ1) is 13.5. The molecule has 0 spiro atoms. The van der Waals surface area contributed by atoms with Crippen molar-refractivity contribution in [1.82, 2.24) is 0 Å². The lowest BCUT2D eigenvalue weighted by Gasteiger charge is -2.23. The predicted octanol–water partition coefficient (Wildman–Crippen LogP) is 2.52. The zero-order valence-electron chi connectivity index (χ0n) is 10.1. The van der Waals surface area contributed by atoms with Gasteiger partial charge in [-0.1, -0.05) is 13.8 Å². The van der Waals surface area contributed by atoms with E-state index in [4.69, 9.17) is 10.4 Å². The van der Waals surface area contributed by atoms with Crippen LogP contribution in [0.15, 0.2) is 18.2 Å². The highest BCUT2D eigenvalue weighted by molar-refractivity contribution is 5.49. The third-order valence-corrected chi connectivity index (χ3v) is 2.68. The molecule has 0 saturated carbocycles. The van der Waals surface area contributed by atoms with Crippen molar-refractivity contribution in [2.75, 3.05) is 11.9 Å². The van der Waals surface area contributed by atoms with Crippen LogP contribution in [0, 0.1) is 23.1 Å². The van der Waals surface area contributed by atoms with E-state index in [2.05, 4.69) is 5.32 Å². The fourth-order valence-corrected chi connectivity index (χ4v) is 1.61. The van der Waals surface area contributed by atoms with Crippen molar-refractivity contribution < 1.29 is 9.50 Å². The van der Waals surface area contributed by atoms with Crippen molar-refractivity contribution in [2.24, 2.45) is 5.92 Å². The summed E-state index contributed by atoms with van der Waals surface area (Å²) in [6.45, 7) is 4.08. The van der Waals surface area contributed by atoms with Crippen molar-refractivity contribution >= 4 is 5.69 Å². The molecular weight excluding hydrogens is 219 g/mol. The van der Waals surface area contributed by atoms with Crippen molar-refractivity contribution in [3.8, 4) is 6.07 Å². The van der Waals surface area contributed by atoms with Gasteiger partial charge in [0.25, 0.3) is 0 Å². The second kappa shape index (κ2) is 6.21. The van der Waals surface area contributed by atoms with E-state index in [1.54, 1.807) is 12.1 Å². The summed E-state index contributed by atoms with van der Waals surface area (Å²) in [6.07, 6.45) is 0.567. The third-order valence-electron chi connectivity index (χ3n) is 2.68. The normalized spacial score (nSPS) is 12.2. The molecule has 0 fully saturated rings. The molecule has 4 heteroatoms. The molecule has 1 aromatic rings. The standard InChI is InChI=1S/C13H17FN2O/c1-9(2)12(5-6-17)16-13-4-3-10(8-15)7-11(13)14/h3-4,7,9,12,16-17H,5-6H2,1-2H3/t12-/m1/s1. The highest BCUT2D eigenvalue weighted by atomic mass is 19.1. The molecular formula is C13H17FN2O. The Morgan fingerprint density at radius 2 is 2.18 bits per heavy atom. The Balaban J connectivity index is 2.83. The third kappa shape index (κ3) is 3.72. The maximum atomic E-state index is 13.6. The molecule has 3 nitrogen and oxygen atoms in total. The number of rotatable bonds is 5. The molecule has 0 bridgehead atoms. The predicted molar refractivity (Wildman–Crippen MR) is 65.1 cm³/mol. The van der Waals surface area contributed by atoms with Gasteiger partial charge in [-0.2, -0.15) is 5.26 Å². The van der Waals surface area contributed by atoms with Crippen LogP contribution in [0.1, 0.15) is 25.8 Å². The lowest BCUT2D eigenvalue weighted by atomic mass is 10.0. The Labute approximate surface area is 101 Å². The SMILES string of the molecule is CC(C)[C@@H](CCO)Nc1ccc(C#N)cc1F. The number of nitrogens with one attached hydrogen (secondary N) is 1. The molecule has 0 saturated heterocycles. The number of aliphatic hydroxyl groups excluding tert-OH is 1. The molecule has 0 aliphatic rings. The molecule has 1 atom stereocenters. The zero-order valence-corrected chi connectivity index (χ0v) is 10.1. The summed E-state index contributed by atoms with van der Waals surface area (Å²) in [7, 11) is 0. The minimum atomic E-state index is -0.437. The average Bonchev–Trinajstić information content (AvgIpc) is 2.30. The van der Waals surface area contributed by atoms with Crippen molar-refractivity contribution in [2.45, 2.75) is 26.3 Å². The van der Waals surface area contributed by atoms with Crippen LogP contribution in [0.3, 0.4) is 0 Å². The molecule has 92 valence electrons. The maximum Gasteiger partial charge on any atom is 0.147 e. The molecule has 0 radical (unpaired) electrons. The van der Waals surface area contributed by atoms with Crippen LogP contribution in [0.4, 0.5) is 10.1 Å². The van der Waals surface area contributed by atoms with E-state index in [1.165, 1.54) is 6.07 Å². The van der Waals surface area contributed by atoms with Crippen LogP contribution in [-0.2, 0) is 0 Å². The number of nitrogens with zero attached hydrogens (tertiary/aromatic N) is 1. The average molecular weight is 236 g/mol. The van der Waals surface area contributed by atoms with Gasteiger partial charge in [-0.25, -0.2) is 4.39 Å². The second-order valence-corrected chi connectivity index (χ2v) is 4.31. The van der Waals surface area contributed by atoms with Gasteiger partial charge in [0, 0.05) is 12.6 Å². The lowest BCUT2D eigenvalue weighted by molar-refractivity contribution is 0.267. The fraction of sp³-hybridized carbons (Fsp3) is 0.462. The number of halogens is 1. The largest absolute Gasteiger partial charge is 0.396 e. The molecule has 0 aliphatic heterocycles. The minimum Gasteiger partial charge on any atom is -0.396 e. The van der Waals surface area contributed by atoms with Crippen molar-refractivity contribution in [1.29, 1.82) is 5.26 Å². The van der Waals surface area contributed by atoms with E-state index in [-0.39, 0.29) is 18.6 Å². The van der Waals surface area contributed by atoms with Crippen LogP contribution in [0.25, 0.3) is 0 Å². The van der Waals surface area contributed by atoms with Gasteiger partial charge in [-0.15, -0.1) is 0 Å². The number of nitriles is 1. The van der Waals surface area contributed by atoms with Crippen molar-refractivity contribution in [3.63, 3.8) is 0 Å². The summed E-state index contributed by atoms with van der Waals surface area (Å²) in [6, 6.07) is 6.24. The van der Waals surface area contributed by atoms with Crippen LogP contribution in [0.5, 0.6) is 0 Å². The Bertz CT molecular complexity index is 412. The van der Waals surface area contributed by atoms with E-state index in [0.29, 0.717) is 17.7 Å². The number of hydrogen-bond acceptors (Lipinski definition) is 3. The second-order valence-electron chi connectivity index (χ2n) is 4.31. The van der Waals surface area contributed by atoms with Crippen LogP contribution in [0.2, 0.25) is 0 Å². The van der Waals surface area contributed by atoms with Crippen LogP contribution >= 0.6 is 0 Å². The Morgan fingerprint density at radius 3 is 2.65 bits per heavy atom. The van der Waals surface area contributed by atoms with Gasteiger partial charge >= 0.3 is 0 Å². The number of anilines is 1. The summed E-state index contributed by atoms with van der Waals surface area (Å²) in [5, 5.41) is 20.6. The topological polar surface area (TPSA) is 56.0 Å². The Hall–Kier alpha value is -1.60. The highest BCUT2D eigenvalue weighted by Gasteiger charge is 2.14. The van der Waals surface area contributed by atoms with Gasteiger partial charge in [0.15, 0.2) is 0 Å². The molecule has 0 aromatic heterocycles. The van der Waals surface area contributed by atoms with Gasteiger partial charge in [-0.3, -0.25) is 0 Å². The molecule has 1 aromatic carbocycles. The van der Waals surface area contributed by atoms with Gasteiger partial charge < -0.3 is 10.4 Å². The molecule has 17 heavy (non-hydrogen) atoms. The molecule has 0 unspecified atom stereocenters. The molecule has 0 amide bonds. The lowest BCUT2D eigenvalue weighted by Crippen LogP contribution is -2.27. The van der Waals surface area contributed by atoms with E-state index >= 15 is 0 Å². The van der Waals surface area contributed by atoms with E-state index in [9.17, 15) is 4.39 Å². The smallest absolute Gasteiger partial charge is 0.147 e. The van der Waals surface area contributed by atoms with E-state index < -0.39 is 5.82 Å². The fourth-order valence-electron chi connectivity index (χ4n) is 1.61. The van der Waals surface area contributed by atoms with Crippen LogP contribution < -0.4 is 5.32 Å². The zero-order chi connectivity index (χ0) is 12.8. The molecule has 2 N–H and O–H groups in total. The van der Waals surface area contributed by atoms with Crippen LogP contribution in [-0.4, -0.2) is 17.8 Å². The first-order chi connectivity index (χ1) is 8.08. The number of benzene rings is 1. The Kier molecular flexibility index (Phi) is 4.92. The molecule has 0 aliphatic carbocycles. The van der Waals surface area contributed by atoms with Gasteiger partial charge in [-0.05, 0) is 30.5 Å². The summed E-state index contributed by atoms with van der Waals surface area (Å²) in [5.41, 5.74) is 0.674. The Morgan fingerprint density at radius 1 is 1.47 bits per heavy atom. The van der Waals surface area contributed by atoms with Crippen molar-refractivity contribution in [3.05, 3.63) is 29.6 Å². The monoisotopic (exact) mass is 236 g/mol.